The van der Waals surface area contributed by atoms with Crippen molar-refractivity contribution >= 4 is 6.08 Å². The third-order valence-electron chi connectivity index (χ3n) is 1.68. The van der Waals surface area contributed by atoms with Crippen LogP contribution in [0.2, 0.25) is 0 Å². The molecule has 0 aliphatic rings. The van der Waals surface area contributed by atoms with E-state index in [0.29, 0.717) is 0 Å². The van der Waals surface area contributed by atoms with Crippen LogP contribution in [-0.4, -0.2) is 4.98 Å². The Bertz CT molecular complexity index is 311. The van der Waals surface area contributed by atoms with E-state index in [-0.39, 0.29) is 0 Å². The zero-order valence-electron chi connectivity index (χ0n) is 7.54. The Morgan fingerprint density at radius 3 is 2.67 bits per heavy atom. The molecule has 1 nitrogen and oxygen atoms in total. The summed E-state index contributed by atoms with van der Waals surface area (Å²) in [7, 11) is 0. The van der Waals surface area contributed by atoms with Gasteiger partial charge in [-0.15, -0.1) is 0 Å². The normalized spacial score (nSPS) is 10.5. The van der Waals surface area contributed by atoms with E-state index in [4.69, 9.17) is 0 Å². The maximum Gasteiger partial charge on any atom is 0.0448 e. The van der Waals surface area contributed by atoms with Gasteiger partial charge in [0.2, 0.25) is 0 Å². The third kappa shape index (κ3) is 2.06. The first-order chi connectivity index (χ1) is 5.74. The summed E-state index contributed by atoms with van der Waals surface area (Å²) >= 11 is 0. The van der Waals surface area contributed by atoms with E-state index in [1.165, 1.54) is 0 Å². The highest BCUT2D eigenvalue weighted by Gasteiger charge is 1.93. The molecule has 0 spiro atoms. The van der Waals surface area contributed by atoms with E-state index in [1.54, 1.807) is 6.08 Å². The number of hydrogen-bond acceptors (Lipinski definition) is 1. The fourth-order valence-corrected chi connectivity index (χ4v) is 1.05. The molecule has 0 aromatic carbocycles. The molecule has 1 rings (SSSR count). The summed E-state index contributed by atoms with van der Waals surface area (Å²) in [5.74, 6) is 0. The lowest BCUT2D eigenvalue weighted by Gasteiger charge is -1.99. The Morgan fingerprint density at radius 1 is 1.33 bits per heavy atom. The largest absolute Gasteiger partial charge is 0.258 e. The van der Waals surface area contributed by atoms with Crippen molar-refractivity contribution in [1.29, 1.82) is 0 Å². The predicted molar refractivity (Wildman–Crippen MR) is 52.9 cm³/mol. The second-order valence-electron chi connectivity index (χ2n) is 2.72. The van der Waals surface area contributed by atoms with E-state index in [0.717, 1.165) is 17.0 Å². The van der Waals surface area contributed by atoms with Crippen LogP contribution in [0.4, 0.5) is 0 Å². The zero-order valence-corrected chi connectivity index (χ0v) is 7.54. The number of aryl methyl sites for hydroxylation is 2. The summed E-state index contributed by atoms with van der Waals surface area (Å²) in [5, 5.41) is 0. The fraction of sp³-hybridized carbons (Fsp3) is 0.182. The first kappa shape index (κ1) is 8.72. The van der Waals surface area contributed by atoms with Gasteiger partial charge < -0.3 is 0 Å². The minimum absolute atomic E-state index is 1.06. The van der Waals surface area contributed by atoms with E-state index in [1.807, 2.05) is 32.1 Å². The standard InChI is InChI=1S/C11H13N/c1-4-5-6-11-8-7-9(2)12-10(11)3/h4-8H,1H2,2-3H3/b6-5-. The molecule has 0 bridgehead atoms. The second-order valence-corrected chi connectivity index (χ2v) is 2.72. The van der Waals surface area contributed by atoms with Crippen LogP contribution in [-0.2, 0) is 0 Å². The molecule has 0 radical (unpaired) electrons. The first-order valence-electron chi connectivity index (χ1n) is 3.97. The Morgan fingerprint density at radius 2 is 2.08 bits per heavy atom. The molecule has 1 aromatic heterocycles. The van der Waals surface area contributed by atoms with Crippen molar-refractivity contribution in [3.8, 4) is 0 Å². The van der Waals surface area contributed by atoms with Crippen molar-refractivity contribution in [3.63, 3.8) is 0 Å². The van der Waals surface area contributed by atoms with Gasteiger partial charge in [-0.1, -0.05) is 30.9 Å². The average molecular weight is 159 g/mol. The number of pyridine rings is 1. The zero-order chi connectivity index (χ0) is 8.97. The molecule has 0 N–H and O–H groups in total. The lowest BCUT2D eigenvalue weighted by atomic mass is 10.2. The van der Waals surface area contributed by atoms with Crippen LogP contribution >= 0.6 is 0 Å². The van der Waals surface area contributed by atoms with Gasteiger partial charge in [-0.25, -0.2) is 0 Å². The quantitative estimate of drug-likeness (QED) is 0.604. The SMILES string of the molecule is C=C/C=C\c1ccc(C)nc1C. The van der Waals surface area contributed by atoms with Gasteiger partial charge in [0.1, 0.15) is 0 Å². The van der Waals surface area contributed by atoms with Crippen molar-refractivity contribution in [3.05, 3.63) is 47.8 Å². The van der Waals surface area contributed by atoms with Crippen molar-refractivity contribution in [1.82, 2.24) is 4.98 Å². The van der Waals surface area contributed by atoms with Gasteiger partial charge in [0.15, 0.2) is 0 Å². The summed E-state index contributed by atoms with van der Waals surface area (Å²) in [6.07, 6.45) is 5.69. The van der Waals surface area contributed by atoms with Gasteiger partial charge >= 0.3 is 0 Å². The van der Waals surface area contributed by atoms with Crippen LogP contribution in [0, 0.1) is 13.8 Å². The van der Waals surface area contributed by atoms with Crippen LogP contribution < -0.4 is 0 Å². The van der Waals surface area contributed by atoms with Gasteiger partial charge in [-0.3, -0.25) is 4.98 Å². The maximum absolute atomic E-state index is 4.34. The van der Waals surface area contributed by atoms with Crippen molar-refractivity contribution in [2.24, 2.45) is 0 Å². The fourth-order valence-electron chi connectivity index (χ4n) is 1.05. The maximum atomic E-state index is 4.34. The molecule has 0 aliphatic carbocycles. The van der Waals surface area contributed by atoms with Gasteiger partial charge in [0.05, 0.1) is 0 Å². The van der Waals surface area contributed by atoms with E-state index in [2.05, 4.69) is 17.6 Å². The van der Waals surface area contributed by atoms with Crippen molar-refractivity contribution in [2.75, 3.05) is 0 Å². The molecule has 1 heterocycles. The van der Waals surface area contributed by atoms with E-state index < -0.39 is 0 Å². The Kier molecular flexibility index (Phi) is 2.81. The molecule has 0 atom stereocenters. The molecule has 0 unspecified atom stereocenters. The molecule has 62 valence electrons. The Balaban J connectivity index is 3.01. The number of hydrogen-bond donors (Lipinski definition) is 0. The van der Waals surface area contributed by atoms with Gasteiger partial charge in [0.25, 0.3) is 0 Å². The van der Waals surface area contributed by atoms with Crippen LogP contribution in [0.1, 0.15) is 17.0 Å². The molecule has 0 saturated heterocycles. The number of nitrogens with zero attached hydrogens (tertiary/aromatic N) is 1. The summed E-state index contributed by atoms with van der Waals surface area (Å²) in [4.78, 5) is 4.34. The van der Waals surface area contributed by atoms with Crippen molar-refractivity contribution < 1.29 is 0 Å². The Labute approximate surface area is 73.5 Å². The molecule has 0 aliphatic heterocycles. The van der Waals surface area contributed by atoms with Gasteiger partial charge in [-0.05, 0) is 25.5 Å². The lowest BCUT2D eigenvalue weighted by molar-refractivity contribution is 1.11. The summed E-state index contributed by atoms with van der Waals surface area (Å²) in [5.41, 5.74) is 3.27. The molecule has 0 amide bonds. The van der Waals surface area contributed by atoms with Crippen LogP contribution in [0.15, 0.2) is 30.9 Å². The van der Waals surface area contributed by atoms with E-state index in [9.17, 15) is 0 Å². The Hall–Kier alpha value is -1.37. The molecule has 1 aromatic rings. The minimum atomic E-state index is 1.06. The highest BCUT2D eigenvalue weighted by molar-refractivity contribution is 5.53. The molecular weight excluding hydrogens is 146 g/mol. The van der Waals surface area contributed by atoms with Gasteiger partial charge in [0, 0.05) is 11.4 Å². The van der Waals surface area contributed by atoms with Crippen LogP contribution in [0.25, 0.3) is 6.08 Å². The smallest absolute Gasteiger partial charge is 0.0448 e. The molecule has 0 saturated carbocycles. The second kappa shape index (κ2) is 3.86. The highest BCUT2D eigenvalue weighted by Crippen LogP contribution is 2.07. The number of rotatable bonds is 2. The first-order valence-corrected chi connectivity index (χ1v) is 3.97. The van der Waals surface area contributed by atoms with Gasteiger partial charge in [-0.2, -0.15) is 0 Å². The summed E-state index contributed by atoms with van der Waals surface area (Å²) in [6.45, 7) is 7.62. The summed E-state index contributed by atoms with van der Waals surface area (Å²) in [6, 6.07) is 4.08. The highest BCUT2D eigenvalue weighted by atomic mass is 14.7. The van der Waals surface area contributed by atoms with E-state index >= 15 is 0 Å². The van der Waals surface area contributed by atoms with Crippen molar-refractivity contribution in [2.45, 2.75) is 13.8 Å². The lowest BCUT2D eigenvalue weighted by Crippen LogP contribution is -1.88. The third-order valence-corrected chi connectivity index (χ3v) is 1.68. The monoisotopic (exact) mass is 159 g/mol. The number of allylic oxidation sites excluding steroid dienone is 2. The summed E-state index contributed by atoms with van der Waals surface area (Å²) < 4.78 is 0. The van der Waals surface area contributed by atoms with Crippen LogP contribution in [0.3, 0.4) is 0 Å². The molecule has 12 heavy (non-hydrogen) atoms. The predicted octanol–water partition coefficient (Wildman–Crippen LogP) is 2.90. The minimum Gasteiger partial charge on any atom is -0.258 e. The number of aromatic nitrogens is 1. The van der Waals surface area contributed by atoms with Crippen LogP contribution in [0.5, 0.6) is 0 Å². The molecule has 1 heteroatoms. The molecular formula is C11H13N. The molecule has 0 fully saturated rings. The average Bonchev–Trinajstić information content (AvgIpc) is 2.03. The topological polar surface area (TPSA) is 12.9 Å².